The molecule has 0 bridgehead atoms. The quantitative estimate of drug-likeness (QED) is 0.681. The summed E-state index contributed by atoms with van der Waals surface area (Å²) in [4.78, 5) is 1.32. The standard InChI is InChI=1S/C21H24F4N2O3S/c1-27(2)18-11-14(13-4-3-5-15(10-13)21(23,24)25)6-8-19(18)30-16-7-9-20(17(22)12-16)31(26,28)29/h3-5,7,9-10,12,14,18-19H,6,8,11H2,1-2H3,(H2,26,28,29)/t14-,18-,19-/m0/s1. The summed E-state index contributed by atoms with van der Waals surface area (Å²) < 4.78 is 82.0. The second kappa shape index (κ2) is 8.76. The van der Waals surface area contributed by atoms with Gasteiger partial charge in [-0.3, -0.25) is 0 Å². The molecule has 3 atom stereocenters. The van der Waals surface area contributed by atoms with E-state index in [1.807, 2.05) is 19.0 Å². The molecule has 0 spiro atoms. The molecular weight excluding hydrogens is 436 g/mol. The van der Waals surface area contributed by atoms with Crippen molar-refractivity contribution < 1.29 is 30.7 Å². The molecule has 10 heteroatoms. The number of nitrogens with two attached hydrogens (primary N) is 1. The number of sulfonamides is 1. The van der Waals surface area contributed by atoms with Crippen molar-refractivity contribution in [3.63, 3.8) is 0 Å². The number of alkyl halides is 3. The highest BCUT2D eigenvalue weighted by Gasteiger charge is 2.36. The van der Waals surface area contributed by atoms with Gasteiger partial charge in [-0.05, 0) is 63.0 Å². The topological polar surface area (TPSA) is 72.6 Å². The number of ether oxygens (including phenoxy) is 1. The van der Waals surface area contributed by atoms with Gasteiger partial charge >= 0.3 is 6.18 Å². The minimum absolute atomic E-state index is 0.0731. The van der Waals surface area contributed by atoms with Gasteiger partial charge < -0.3 is 9.64 Å². The van der Waals surface area contributed by atoms with Crippen molar-refractivity contribution in [1.82, 2.24) is 4.90 Å². The molecule has 5 nitrogen and oxygen atoms in total. The molecule has 0 aromatic heterocycles. The number of nitrogens with zero attached hydrogens (tertiary/aromatic N) is 1. The van der Waals surface area contributed by atoms with Crippen LogP contribution in [0.5, 0.6) is 5.75 Å². The van der Waals surface area contributed by atoms with Gasteiger partial charge in [0.05, 0.1) is 5.56 Å². The van der Waals surface area contributed by atoms with Gasteiger partial charge in [-0.2, -0.15) is 13.2 Å². The number of primary sulfonamides is 1. The summed E-state index contributed by atoms with van der Waals surface area (Å²) in [6.45, 7) is 0. The Hall–Kier alpha value is -2.17. The van der Waals surface area contributed by atoms with E-state index in [0.29, 0.717) is 24.8 Å². The lowest BCUT2D eigenvalue weighted by molar-refractivity contribution is -0.137. The minimum atomic E-state index is -4.40. The lowest BCUT2D eigenvalue weighted by Gasteiger charge is -2.40. The number of benzene rings is 2. The van der Waals surface area contributed by atoms with Crippen LogP contribution in [0.3, 0.4) is 0 Å². The van der Waals surface area contributed by atoms with E-state index in [2.05, 4.69) is 0 Å². The molecule has 3 rings (SSSR count). The van der Waals surface area contributed by atoms with Crippen molar-refractivity contribution in [2.75, 3.05) is 14.1 Å². The Morgan fingerprint density at radius 2 is 1.81 bits per heavy atom. The van der Waals surface area contributed by atoms with Crippen LogP contribution < -0.4 is 9.88 Å². The van der Waals surface area contributed by atoms with Crippen molar-refractivity contribution in [2.24, 2.45) is 5.14 Å². The molecule has 2 aromatic rings. The molecule has 0 aliphatic heterocycles. The van der Waals surface area contributed by atoms with E-state index >= 15 is 0 Å². The summed E-state index contributed by atoms with van der Waals surface area (Å²) in [5, 5.41) is 4.98. The molecule has 31 heavy (non-hydrogen) atoms. The monoisotopic (exact) mass is 460 g/mol. The number of rotatable bonds is 5. The van der Waals surface area contributed by atoms with Gasteiger partial charge in [-0.15, -0.1) is 0 Å². The van der Waals surface area contributed by atoms with Gasteiger partial charge in [0, 0.05) is 12.1 Å². The second-order valence-electron chi connectivity index (χ2n) is 7.96. The summed E-state index contributed by atoms with van der Waals surface area (Å²) in [5.41, 5.74) is -0.0427. The first kappa shape index (κ1) is 23.5. The van der Waals surface area contributed by atoms with Crippen LogP contribution in [0.4, 0.5) is 17.6 Å². The number of hydrogen-bond acceptors (Lipinski definition) is 4. The first-order chi connectivity index (χ1) is 14.4. The number of hydrogen-bond donors (Lipinski definition) is 1. The van der Waals surface area contributed by atoms with Crippen molar-refractivity contribution in [3.8, 4) is 5.75 Å². The molecule has 1 aliphatic carbocycles. The molecule has 0 unspecified atom stereocenters. The first-order valence-corrected chi connectivity index (χ1v) is 11.2. The zero-order valence-electron chi connectivity index (χ0n) is 17.1. The molecule has 0 amide bonds. The minimum Gasteiger partial charge on any atom is -0.489 e. The van der Waals surface area contributed by atoms with Gasteiger partial charge in [0.15, 0.2) is 0 Å². The fourth-order valence-corrected chi connectivity index (χ4v) is 4.62. The maximum atomic E-state index is 14.1. The summed E-state index contributed by atoms with van der Waals surface area (Å²) in [6.07, 6.45) is -3.02. The predicted molar refractivity (Wildman–Crippen MR) is 108 cm³/mol. The lowest BCUT2D eigenvalue weighted by Crippen LogP contribution is -2.46. The summed E-state index contributed by atoms with van der Waals surface area (Å²) >= 11 is 0. The summed E-state index contributed by atoms with van der Waals surface area (Å²) in [7, 11) is -0.484. The normalized spacial score (nSPS) is 22.5. The zero-order chi connectivity index (χ0) is 23.0. The van der Waals surface area contributed by atoms with Crippen molar-refractivity contribution in [1.29, 1.82) is 0 Å². The van der Waals surface area contributed by atoms with Gasteiger partial charge in [0.2, 0.25) is 10.0 Å². The Morgan fingerprint density at radius 1 is 1.10 bits per heavy atom. The molecule has 0 saturated heterocycles. The van der Waals surface area contributed by atoms with Crippen molar-refractivity contribution in [3.05, 3.63) is 59.4 Å². The van der Waals surface area contributed by atoms with Crippen LogP contribution >= 0.6 is 0 Å². The molecule has 1 saturated carbocycles. The Labute approximate surface area is 178 Å². The van der Waals surface area contributed by atoms with Crippen molar-refractivity contribution >= 4 is 10.0 Å². The highest BCUT2D eigenvalue weighted by Crippen LogP contribution is 2.39. The van der Waals surface area contributed by atoms with E-state index < -0.39 is 32.5 Å². The summed E-state index contributed by atoms with van der Waals surface area (Å²) in [5.74, 6) is -0.908. The van der Waals surface area contributed by atoms with Gasteiger partial charge in [0.1, 0.15) is 22.6 Å². The second-order valence-corrected chi connectivity index (χ2v) is 9.49. The molecule has 0 radical (unpaired) electrons. The first-order valence-electron chi connectivity index (χ1n) is 9.69. The molecule has 1 aliphatic rings. The highest BCUT2D eigenvalue weighted by molar-refractivity contribution is 7.89. The fourth-order valence-electron chi connectivity index (χ4n) is 4.03. The third-order valence-electron chi connectivity index (χ3n) is 5.60. The average Bonchev–Trinajstić information content (AvgIpc) is 2.66. The molecule has 1 fully saturated rings. The molecule has 170 valence electrons. The van der Waals surface area contributed by atoms with Crippen LogP contribution in [0, 0.1) is 5.82 Å². The molecule has 2 N–H and O–H groups in total. The predicted octanol–water partition coefficient (Wildman–Crippen LogP) is 4.14. The van der Waals surface area contributed by atoms with Crippen LogP contribution in [-0.2, 0) is 16.2 Å². The molecular formula is C21H24F4N2O3S. The van der Waals surface area contributed by atoms with Gasteiger partial charge in [-0.1, -0.05) is 18.2 Å². The van der Waals surface area contributed by atoms with E-state index in [0.717, 1.165) is 18.2 Å². The van der Waals surface area contributed by atoms with Crippen LogP contribution in [-0.4, -0.2) is 39.6 Å². The highest BCUT2D eigenvalue weighted by atomic mass is 32.2. The Morgan fingerprint density at radius 3 is 2.39 bits per heavy atom. The van der Waals surface area contributed by atoms with Crippen LogP contribution in [0.25, 0.3) is 0 Å². The Kier molecular flexibility index (Phi) is 6.64. The maximum absolute atomic E-state index is 14.1. The number of halogens is 4. The van der Waals surface area contributed by atoms with E-state index in [-0.39, 0.29) is 23.8 Å². The smallest absolute Gasteiger partial charge is 0.416 e. The maximum Gasteiger partial charge on any atom is 0.416 e. The van der Waals surface area contributed by atoms with Gasteiger partial charge in [-0.25, -0.2) is 17.9 Å². The van der Waals surface area contributed by atoms with E-state index in [9.17, 15) is 26.0 Å². The average molecular weight is 460 g/mol. The van der Waals surface area contributed by atoms with Crippen molar-refractivity contribution in [2.45, 2.75) is 48.4 Å². The Balaban J connectivity index is 1.78. The number of likely N-dealkylation sites (N-methyl/N-ethyl adjacent to an activating group) is 1. The molecule has 0 heterocycles. The molecule has 2 aromatic carbocycles. The lowest BCUT2D eigenvalue weighted by atomic mass is 9.79. The SMILES string of the molecule is CN(C)[C@H]1C[C@@H](c2cccc(C(F)(F)F)c2)CC[C@@H]1Oc1ccc(S(N)(=O)=O)c(F)c1. The zero-order valence-corrected chi connectivity index (χ0v) is 17.9. The van der Waals surface area contributed by atoms with E-state index in [4.69, 9.17) is 9.88 Å². The summed E-state index contributed by atoms with van der Waals surface area (Å²) in [6, 6.07) is 8.62. The van der Waals surface area contributed by atoms with Gasteiger partial charge in [0.25, 0.3) is 0 Å². The van der Waals surface area contributed by atoms with E-state index in [1.54, 1.807) is 6.07 Å². The third kappa shape index (κ3) is 5.55. The fraction of sp³-hybridized carbons (Fsp3) is 0.429. The largest absolute Gasteiger partial charge is 0.489 e. The van der Waals surface area contributed by atoms with Crippen LogP contribution in [0.15, 0.2) is 47.4 Å². The van der Waals surface area contributed by atoms with Crippen LogP contribution in [0.1, 0.15) is 36.3 Å². The van der Waals surface area contributed by atoms with Crippen LogP contribution in [0.2, 0.25) is 0 Å². The van der Waals surface area contributed by atoms with E-state index in [1.165, 1.54) is 18.2 Å². The Bertz CT molecular complexity index is 1040. The third-order valence-corrected chi connectivity index (χ3v) is 6.54.